The number of alkyl halides is 1. The summed E-state index contributed by atoms with van der Waals surface area (Å²) in [5.41, 5.74) is 1.45. The fraction of sp³-hybridized carbons (Fsp3) is 0.500. The lowest BCUT2D eigenvalue weighted by Crippen LogP contribution is -1.98. The summed E-state index contributed by atoms with van der Waals surface area (Å²) in [4.78, 5) is 0.655. The lowest BCUT2D eigenvalue weighted by Gasteiger charge is -2.02. The molecule has 0 fully saturated rings. The van der Waals surface area contributed by atoms with Gasteiger partial charge in [0, 0.05) is 4.83 Å². The quantitative estimate of drug-likeness (QED) is 0.683. The largest absolute Gasteiger partial charge is 0.152 e. The van der Waals surface area contributed by atoms with Gasteiger partial charge < -0.3 is 0 Å². The predicted molar refractivity (Wildman–Crippen MR) is 51.0 cm³/mol. The molecule has 0 amide bonds. The molecule has 2 heteroatoms. The van der Waals surface area contributed by atoms with Crippen LogP contribution in [0.25, 0.3) is 0 Å². The van der Waals surface area contributed by atoms with Gasteiger partial charge in [-0.15, -0.1) is 0 Å². The molecule has 0 spiro atoms. The monoisotopic (exact) mass is 218 g/mol. The lowest BCUT2D eigenvalue weighted by molar-refractivity contribution is 0.832. The first-order valence-corrected chi connectivity index (χ1v) is 5.34. The summed E-state index contributed by atoms with van der Waals surface area (Å²) in [6.07, 6.45) is 2.37. The second-order valence-electron chi connectivity index (χ2n) is 2.34. The molecule has 56 valence electrons. The highest BCUT2D eigenvalue weighted by atomic mass is 79.9. The second-order valence-corrected chi connectivity index (χ2v) is 4.42. The number of rotatable bonds is 3. The molecule has 0 saturated heterocycles. The van der Waals surface area contributed by atoms with Crippen LogP contribution in [0.1, 0.15) is 18.9 Å². The highest BCUT2D eigenvalue weighted by Gasteiger charge is 2.01. The Bertz CT molecular complexity index is 169. The molecule has 0 aliphatic heterocycles. The normalized spacial score (nSPS) is 13.4. The fourth-order valence-electron chi connectivity index (χ4n) is 0.809. The van der Waals surface area contributed by atoms with E-state index in [0.717, 1.165) is 0 Å². The van der Waals surface area contributed by atoms with Crippen LogP contribution in [-0.2, 0) is 6.42 Å². The molecule has 0 aromatic carbocycles. The molecule has 1 heterocycles. The van der Waals surface area contributed by atoms with Crippen LogP contribution < -0.4 is 0 Å². The summed E-state index contributed by atoms with van der Waals surface area (Å²) in [6.45, 7) is 2.20. The number of hydrogen-bond donors (Lipinski definition) is 0. The van der Waals surface area contributed by atoms with Gasteiger partial charge in [-0.3, -0.25) is 0 Å². The Hall–Kier alpha value is 0.180. The first-order chi connectivity index (χ1) is 4.83. The number of halogens is 1. The summed E-state index contributed by atoms with van der Waals surface area (Å²) in [6, 6.07) is 2.19. The molecular weight excluding hydrogens is 208 g/mol. The number of hydrogen-bond acceptors (Lipinski definition) is 1. The van der Waals surface area contributed by atoms with Gasteiger partial charge >= 0.3 is 0 Å². The average Bonchev–Trinajstić information content (AvgIpc) is 2.40. The highest BCUT2D eigenvalue weighted by Crippen LogP contribution is 2.14. The average molecular weight is 219 g/mol. The molecule has 0 aliphatic carbocycles. The van der Waals surface area contributed by atoms with Gasteiger partial charge in [-0.25, -0.2) is 0 Å². The summed E-state index contributed by atoms with van der Waals surface area (Å²) < 4.78 is 0. The van der Waals surface area contributed by atoms with Gasteiger partial charge in [0.2, 0.25) is 0 Å². The summed E-state index contributed by atoms with van der Waals surface area (Å²) in [5.74, 6) is 0. The maximum atomic E-state index is 3.60. The predicted octanol–water partition coefficient (Wildman–Crippen LogP) is 3.46. The van der Waals surface area contributed by atoms with Crippen LogP contribution in [0.5, 0.6) is 0 Å². The minimum atomic E-state index is 0.655. The van der Waals surface area contributed by atoms with Gasteiger partial charge in [0.1, 0.15) is 0 Å². The van der Waals surface area contributed by atoms with Crippen LogP contribution in [0.2, 0.25) is 0 Å². The minimum Gasteiger partial charge on any atom is -0.152 e. The second kappa shape index (κ2) is 4.14. The Balaban J connectivity index is 2.40. The first kappa shape index (κ1) is 8.28. The highest BCUT2D eigenvalue weighted by molar-refractivity contribution is 9.09. The van der Waals surface area contributed by atoms with Gasteiger partial charge in [-0.2, -0.15) is 11.3 Å². The number of thiophene rings is 1. The van der Waals surface area contributed by atoms with Crippen molar-refractivity contribution in [2.75, 3.05) is 0 Å². The van der Waals surface area contributed by atoms with E-state index >= 15 is 0 Å². The van der Waals surface area contributed by atoms with Crippen LogP contribution in [-0.4, -0.2) is 4.83 Å². The zero-order valence-electron chi connectivity index (χ0n) is 6.01. The van der Waals surface area contributed by atoms with E-state index in [1.807, 2.05) is 0 Å². The van der Waals surface area contributed by atoms with Gasteiger partial charge in [0.15, 0.2) is 0 Å². The van der Waals surface area contributed by atoms with Gasteiger partial charge in [0.05, 0.1) is 0 Å². The molecule has 1 atom stereocenters. The molecular formula is C8H11BrS. The molecule has 1 aromatic heterocycles. The van der Waals surface area contributed by atoms with E-state index in [0.29, 0.717) is 4.83 Å². The summed E-state index contributed by atoms with van der Waals surface area (Å²) in [5, 5.41) is 4.34. The van der Waals surface area contributed by atoms with E-state index < -0.39 is 0 Å². The van der Waals surface area contributed by atoms with Crippen molar-refractivity contribution in [1.82, 2.24) is 0 Å². The third kappa shape index (κ3) is 2.43. The zero-order valence-corrected chi connectivity index (χ0v) is 8.41. The van der Waals surface area contributed by atoms with E-state index in [-0.39, 0.29) is 0 Å². The molecule has 0 N–H and O–H groups in total. The van der Waals surface area contributed by atoms with Crippen LogP contribution >= 0.6 is 27.3 Å². The van der Waals surface area contributed by atoms with Crippen molar-refractivity contribution in [3.63, 3.8) is 0 Å². The van der Waals surface area contributed by atoms with Crippen molar-refractivity contribution in [3.05, 3.63) is 22.4 Å². The fourth-order valence-corrected chi connectivity index (χ4v) is 1.86. The van der Waals surface area contributed by atoms with E-state index in [2.05, 4.69) is 39.7 Å². The lowest BCUT2D eigenvalue weighted by atomic mass is 10.2. The standard InChI is InChI=1S/C8H11BrS/c1-2-8(9)5-7-3-4-10-6-7/h3-4,6,8H,2,5H2,1H3. The van der Waals surface area contributed by atoms with E-state index in [9.17, 15) is 0 Å². The maximum absolute atomic E-state index is 3.60. The van der Waals surface area contributed by atoms with Crippen LogP contribution in [0.3, 0.4) is 0 Å². The zero-order chi connectivity index (χ0) is 7.40. The van der Waals surface area contributed by atoms with Crippen LogP contribution in [0, 0.1) is 0 Å². The van der Waals surface area contributed by atoms with Crippen molar-refractivity contribution in [3.8, 4) is 0 Å². The molecule has 0 saturated carbocycles. The van der Waals surface area contributed by atoms with E-state index in [1.165, 1.54) is 18.4 Å². The molecule has 0 bridgehead atoms. The Labute approximate surface area is 74.4 Å². The molecule has 0 aliphatic rings. The van der Waals surface area contributed by atoms with Gasteiger partial charge in [-0.1, -0.05) is 22.9 Å². The Morgan fingerprint density at radius 2 is 2.50 bits per heavy atom. The van der Waals surface area contributed by atoms with E-state index in [4.69, 9.17) is 0 Å². The minimum absolute atomic E-state index is 0.655. The topological polar surface area (TPSA) is 0 Å². The van der Waals surface area contributed by atoms with Gasteiger partial charge in [0.25, 0.3) is 0 Å². The first-order valence-electron chi connectivity index (χ1n) is 3.48. The van der Waals surface area contributed by atoms with Crippen molar-refractivity contribution in [2.24, 2.45) is 0 Å². The van der Waals surface area contributed by atoms with Crippen molar-refractivity contribution < 1.29 is 0 Å². The molecule has 1 rings (SSSR count). The summed E-state index contributed by atoms with van der Waals surface area (Å²) >= 11 is 5.37. The molecule has 1 unspecified atom stereocenters. The SMILES string of the molecule is CCC(Br)Cc1ccsc1. The third-order valence-corrected chi connectivity index (χ3v) is 3.18. The maximum Gasteiger partial charge on any atom is 0.0183 e. The Kier molecular flexibility index (Phi) is 3.43. The van der Waals surface area contributed by atoms with Crippen molar-refractivity contribution in [1.29, 1.82) is 0 Å². The molecule has 0 nitrogen and oxygen atoms in total. The van der Waals surface area contributed by atoms with Crippen molar-refractivity contribution >= 4 is 27.3 Å². The Morgan fingerprint density at radius 1 is 1.70 bits per heavy atom. The van der Waals surface area contributed by atoms with Crippen LogP contribution in [0.4, 0.5) is 0 Å². The summed E-state index contributed by atoms with van der Waals surface area (Å²) in [7, 11) is 0. The smallest absolute Gasteiger partial charge is 0.0183 e. The Morgan fingerprint density at radius 3 is 3.00 bits per heavy atom. The molecule has 0 radical (unpaired) electrons. The van der Waals surface area contributed by atoms with Crippen molar-refractivity contribution in [2.45, 2.75) is 24.6 Å². The van der Waals surface area contributed by atoms with E-state index in [1.54, 1.807) is 11.3 Å². The van der Waals surface area contributed by atoms with Crippen LogP contribution in [0.15, 0.2) is 16.8 Å². The third-order valence-electron chi connectivity index (χ3n) is 1.48. The molecule has 10 heavy (non-hydrogen) atoms. The molecule has 1 aromatic rings. The van der Waals surface area contributed by atoms with Gasteiger partial charge in [-0.05, 0) is 35.2 Å².